The van der Waals surface area contributed by atoms with Crippen molar-refractivity contribution in [3.63, 3.8) is 0 Å². The smallest absolute Gasteiger partial charge is 0.341 e. The van der Waals surface area contributed by atoms with E-state index < -0.39 is 5.97 Å². The number of nitrogens with one attached hydrogen (secondary N) is 1. The van der Waals surface area contributed by atoms with Gasteiger partial charge >= 0.3 is 5.97 Å². The molecule has 1 heterocycles. The van der Waals surface area contributed by atoms with Crippen LogP contribution in [0.2, 0.25) is 0 Å². The van der Waals surface area contributed by atoms with Crippen LogP contribution in [-0.2, 0) is 9.53 Å². The molecule has 1 aromatic carbocycles. The van der Waals surface area contributed by atoms with Crippen LogP contribution in [-0.4, -0.2) is 25.1 Å². The molecule has 26 heavy (non-hydrogen) atoms. The summed E-state index contributed by atoms with van der Waals surface area (Å²) in [6.45, 7) is 1.85. The number of benzene rings is 1. The van der Waals surface area contributed by atoms with E-state index in [0.29, 0.717) is 27.8 Å². The maximum atomic E-state index is 12.3. The number of thiophene rings is 1. The van der Waals surface area contributed by atoms with E-state index in [2.05, 4.69) is 5.32 Å². The Bertz CT molecular complexity index is 847. The number of nitriles is 1. The van der Waals surface area contributed by atoms with E-state index in [0.717, 1.165) is 18.4 Å². The summed E-state index contributed by atoms with van der Waals surface area (Å²) < 4.78 is 10.6. The molecule has 0 spiro atoms. The minimum atomic E-state index is -0.404. The van der Waals surface area contributed by atoms with E-state index in [1.807, 2.05) is 11.4 Å². The van der Waals surface area contributed by atoms with Gasteiger partial charge in [-0.15, -0.1) is 11.3 Å². The number of rotatable bonds is 7. The molecular formula is C19H18N2O4S. The molecule has 1 amide bonds. The van der Waals surface area contributed by atoms with Crippen LogP contribution in [0.15, 0.2) is 29.6 Å². The van der Waals surface area contributed by atoms with Gasteiger partial charge in [-0.25, -0.2) is 4.79 Å². The molecule has 2 aromatic rings. The second kappa shape index (κ2) is 8.02. The molecule has 1 aliphatic rings. The maximum absolute atomic E-state index is 12.3. The fraction of sp³-hybridized carbons (Fsp3) is 0.316. The first kappa shape index (κ1) is 18.0. The number of anilines is 1. The third kappa shape index (κ3) is 4.21. The molecule has 0 aliphatic heterocycles. The van der Waals surface area contributed by atoms with E-state index in [9.17, 15) is 9.59 Å². The first-order valence-corrected chi connectivity index (χ1v) is 9.21. The fourth-order valence-corrected chi connectivity index (χ4v) is 3.56. The normalized spacial score (nSPS) is 12.9. The Morgan fingerprint density at radius 3 is 2.65 bits per heavy atom. The Morgan fingerprint density at radius 2 is 2.04 bits per heavy atom. The predicted octanol–water partition coefficient (Wildman–Crippen LogP) is 3.69. The summed E-state index contributed by atoms with van der Waals surface area (Å²) in [5.41, 5.74) is 1.94. The van der Waals surface area contributed by atoms with Gasteiger partial charge < -0.3 is 14.8 Å². The molecule has 1 aliphatic carbocycles. The summed E-state index contributed by atoms with van der Waals surface area (Å²) in [4.78, 5) is 24.5. The Balaban J connectivity index is 1.65. The first-order chi connectivity index (χ1) is 12.6. The number of esters is 1. The monoisotopic (exact) mass is 370 g/mol. The lowest BCUT2D eigenvalue weighted by Crippen LogP contribution is -2.21. The number of ether oxygens (including phenoxy) is 2. The summed E-state index contributed by atoms with van der Waals surface area (Å²) in [5.74, 6) is 0.115. The zero-order chi connectivity index (χ0) is 18.5. The van der Waals surface area contributed by atoms with Crippen molar-refractivity contribution in [2.24, 2.45) is 0 Å². The lowest BCUT2D eigenvalue weighted by Gasteiger charge is -2.09. The molecule has 0 atom stereocenters. The first-order valence-electron chi connectivity index (χ1n) is 8.33. The summed E-state index contributed by atoms with van der Waals surface area (Å²) in [7, 11) is 0. The molecule has 0 saturated heterocycles. The summed E-state index contributed by atoms with van der Waals surface area (Å²) in [6.07, 6.45) is 2.11. The number of carbonyl (C=O) groups excluding carboxylic acids is 2. The van der Waals surface area contributed by atoms with Crippen molar-refractivity contribution < 1.29 is 19.1 Å². The van der Waals surface area contributed by atoms with Gasteiger partial charge in [0.25, 0.3) is 5.91 Å². The molecule has 0 radical (unpaired) electrons. The topological polar surface area (TPSA) is 88.4 Å². The SMILES string of the molecule is CCOC(=O)c1c(C2CC2)csc1NC(=O)COc1ccc(C#N)cc1. The Labute approximate surface area is 155 Å². The number of hydrogen-bond donors (Lipinski definition) is 1. The number of hydrogen-bond acceptors (Lipinski definition) is 6. The van der Waals surface area contributed by atoms with Crippen LogP contribution >= 0.6 is 11.3 Å². The molecule has 3 rings (SSSR count). The van der Waals surface area contributed by atoms with Gasteiger partial charge in [0.05, 0.1) is 23.8 Å². The number of amides is 1. The molecule has 1 saturated carbocycles. The van der Waals surface area contributed by atoms with Gasteiger partial charge in [-0.3, -0.25) is 4.79 Å². The zero-order valence-corrected chi connectivity index (χ0v) is 15.1. The van der Waals surface area contributed by atoms with Crippen molar-refractivity contribution in [1.82, 2.24) is 0 Å². The van der Waals surface area contributed by atoms with Crippen LogP contribution in [0.3, 0.4) is 0 Å². The van der Waals surface area contributed by atoms with Crippen LogP contribution in [0.5, 0.6) is 5.75 Å². The van der Waals surface area contributed by atoms with Crippen LogP contribution < -0.4 is 10.1 Å². The quantitative estimate of drug-likeness (QED) is 0.751. The van der Waals surface area contributed by atoms with Crippen molar-refractivity contribution in [2.45, 2.75) is 25.7 Å². The highest BCUT2D eigenvalue weighted by atomic mass is 32.1. The Kier molecular flexibility index (Phi) is 5.54. The van der Waals surface area contributed by atoms with Gasteiger partial charge in [-0.1, -0.05) is 0 Å². The molecular weight excluding hydrogens is 352 g/mol. The molecule has 7 heteroatoms. The molecule has 134 valence electrons. The highest BCUT2D eigenvalue weighted by Gasteiger charge is 2.32. The third-order valence-electron chi connectivity index (χ3n) is 3.92. The average Bonchev–Trinajstić information content (AvgIpc) is 3.41. The van der Waals surface area contributed by atoms with Crippen molar-refractivity contribution in [1.29, 1.82) is 5.26 Å². The maximum Gasteiger partial charge on any atom is 0.341 e. The van der Waals surface area contributed by atoms with Crippen molar-refractivity contribution in [3.05, 3.63) is 46.3 Å². The van der Waals surface area contributed by atoms with E-state index in [-0.39, 0.29) is 19.1 Å². The van der Waals surface area contributed by atoms with Gasteiger partial charge in [-0.2, -0.15) is 5.26 Å². The molecule has 1 fully saturated rings. The minimum absolute atomic E-state index is 0.190. The van der Waals surface area contributed by atoms with E-state index in [4.69, 9.17) is 14.7 Å². The summed E-state index contributed by atoms with van der Waals surface area (Å²) in [5, 5.41) is 13.9. The van der Waals surface area contributed by atoms with Gasteiger partial charge in [0.2, 0.25) is 0 Å². The minimum Gasteiger partial charge on any atom is -0.484 e. The average molecular weight is 370 g/mol. The van der Waals surface area contributed by atoms with Gasteiger partial charge in [0.1, 0.15) is 10.8 Å². The third-order valence-corrected chi connectivity index (χ3v) is 4.84. The number of carbonyl (C=O) groups is 2. The summed E-state index contributed by atoms with van der Waals surface area (Å²) >= 11 is 1.33. The lowest BCUT2D eigenvalue weighted by molar-refractivity contribution is -0.118. The van der Waals surface area contributed by atoms with Gasteiger partial charge in [-0.05, 0) is 60.9 Å². The fourth-order valence-electron chi connectivity index (χ4n) is 2.51. The van der Waals surface area contributed by atoms with Crippen LogP contribution in [0.4, 0.5) is 5.00 Å². The van der Waals surface area contributed by atoms with Crippen molar-refractivity contribution in [2.75, 3.05) is 18.5 Å². The highest BCUT2D eigenvalue weighted by molar-refractivity contribution is 7.15. The second-order valence-corrected chi connectivity index (χ2v) is 6.74. The lowest BCUT2D eigenvalue weighted by atomic mass is 10.1. The second-order valence-electron chi connectivity index (χ2n) is 5.86. The van der Waals surface area contributed by atoms with Crippen LogP contribution in [0.1, 0.15) is 47.2 Å². The zero-order valence-electron chi connectivity index (χ0n) is 14.3. The molecule has 1 aromatic heterocycles. The standard InChI is InChI=1S/C19H18N2O4S/c1-2-24-19(23)17-15(13-5-6-13)11-26-18(17)21-16(22)10-25-14-7-3-12(9-20)4-8-14/h3-4,7-8,11,13H,2,5-6,10H2,1H3,(H,21,22). The molecule has 6 nitrogen and oxygen atoms in total. The molecule has 0 bridgehead atoms. The number of nitrogens with zero attached hydrogens (tertiary/aromatic N) is 1. The predicted molar refractivity (Wildman–Crippen MR) is 97.5 cm³/mol. The Hall–Kier alpha value is -2.85. The van der Waals surface area contributed by atoms with Gasteiger partial charge in [0, 0.05) is 0 Å². The van der Waals surface area contributed by atoms with E-state index in [1.165, 1.54) is 11.3 Å². The molecule has 0 unspecified atom stereocenters. The molecule has 1 N–H and O–H groups in total. The van der Waals surface area contributed by atoms with Crippen LogP contribution in [0, 0.1) is 11.3 Å². The summed E-state index contributed by atoms with van der Waals surface area (Å²) in [6, 6.07) is 8.52. The largest absolute Gasteiger partial charge is 0.484 e. The van der Waals surface area contributed by atoms with Gasteiger partial charge in [0.15, 0.2) is 6.61 Å². The van der Waals surface area contributed by atoms with Crippen LogP contribution in [0.25, 0.3) is 0 Å². The van der Waals surface area contributed by atoms with E-state index in [1.54, 1.807) is 31.2 Å². The highest BCUT2D eigenvalue weighted by Crippen LogP contribution is 2.46. The van der Waals surface area contributed by atoms with E-state index >= 15 is 0 Å². The Morgan fingerprint density at radius 1 is 1.31 bits per heavy atom. The van der Waals surface area contributed by atoms with Crippen molar-refractivity contribution in [3.8, 4) is 11.8 Å². The van der Waals surface area contributed by atoms with Crippen molar-refractivity contribution >= 4 is 28.2 Å².